The third kappa shape index (κ3) is 2.13. The lowest BCUT2D eigenvalue weighted by atomic mass is 10.1. The maximum absolute atomic E-state index is 11.7. The summed E-state index contributed by atoms with van der Waals surface area (Å²) in [5, 5.41) is 0. The van der Waals surface area contributed by atoms with Gasteiger partial charge >= 0.3 is 0 Å². The summed E-state index contributed by atoms with van der Waals surface area (Å²) in [5.41, 5.74) is 1.86. The molecule has 84 valence electrons. The molecule has 0 N–H and O–H groups in total. The lowest BCUT2D eigenvalue weighted by Crippen LogP contribution is -2.22. The van der Waals surface area contributed by atoms with E-state index in [1.807, 2.05) is 44.3 Å². The molecule has 1 fully saturated rings. The number of hydrogen-bond acceptors (Lipinski definition) is 2. The zero-order chi connectivity index (χ0) is 11.5. The summed E-state index contributed by atoms with van der Waals surface area (Å²) < 4.78 is 0. The van der Waals surface area contributed by atoms with Gasteiger partial charge in [-0.1, -0.05) is 30.3 Å². The third-order valence-corrected chi connectivity index (χ3v) is 2.91. The first-order chi connectivity index (χ1) is 7.68. The normalized spacial score (nSPS) is 20.5. The molecule has 0 bridgehead atoms. The molecular formula is C13H16N2O. The summed E-state index contributed by atoms with van der Waals surface area (Å²) in [6.07, 6.45) is 0.770. The molecule has 1 unspecified atom stereocenters. The maximum Gasteiger partial charge on any atom is 0.267 e. The van der Waals surface area contributed by atoms with Crippen LogP contribution in [0.25, 0.3) is 0 Å². The van der Waals surface area contributed by atoms with E-state index < -0.39 is 0 Å². The molecule has 0 radical (unpaired) electrons. The van der Waals surface area contributed by atoms with Gasteiger partial charge in [-0.15, -0.1) is 0 Å². The van der Waals surface area contributed by atoms with Crippen LogP contribution >= 0.6 is 0 Å². The van der Waals surface area contributed by atoms with Crippen molar-refractivity contribution in [2.75, 3.05) is 13.6 Å². The van der Waals surface area contributed by atoms with Gasteiger partial charge in [0.1, 0.15) is 5.71 Å². The van der Waals surface area contributed by atoms with Crippen LogP contribution in [0.1, 0.15) is 24.9 Å². The van der Waals surface area contributed by atoms with Crippen LogP contribution in [0.3, 0.4) is 0 Å². The van der Waals surface area contributed by atoms with Crippen molar-refractivity contribution in [1.29, 1.82) is 0 Å². The number of carbonyl (C=O) groups is 1. The standard InChI is InChI=1S/C13H16N2O/c1-10(11-6-4-3-5-7-11)14-12-8-9-15(2)13(12)16/h3-7,10H,8-9H2,1-2H3. The lowest BCUT2D eigenvalue weighted by molar-refractivity contribution is -0.121. The Bertz CT molecular complexity index is 411. The maximum atomic E-state index is 11.7. The minimum Gasteiger partial charge on any atom is -0.340 e. The molecule has 1 atom stereocenters. The molecule has 1 aliphatic heterocycles. The summed E-state index contributed by atoms with van der Waals surface area (Å²) >= 11 is 0. The van der Waals surface area contributed by atoms with Crippen molar-refractivity contribution >= 4 is 11.6 Å². The molecule has 1 saturated heterocycles. The van der Waals surface area contributed by atoms with Crippen LogP contribution in [-0.2, 0) is 4.79 Å². The van der Waals surface area contributed by atoms with E-state index >= 15 is 0 Å². The van der Waals surface area contributed by atoms with Gasteiger partial charge in [-0.2, -0.15) is 0 Å². The number of aliphatic imine (C=N–C) groups is 1. The molecule has 3 nitrogen and oxygen atoms in total. The first-order valence-corrected chi connectivity index (χ1v) is 5.55. The van der Waals surface area contributed by atoms with Gasteiger partial charge in [-0.25, -0.2) is 0 Å². The van der Waals surface area contributed by atoms with Crippen LogP contribution in [-0.4, -0.2) is 30.1 Å². The Morgan fingerprint density at radius 3 is 2.56 bits per heavy atom. The molecule has 0 aliphatic carbocycles. The Balaban J connectivity index is 2.16. The van der Waals surface area contributed by atoms with E-state index in [0.717, 1.165) is 18.5 Å². The first-order valence-electron chi connectivity index (χ1n) is 5.55. The van der Waals surface area contributed by atoms with Crippen LogP contribution in [0.2, 0.25) is 0 Å². The zero-order valence-corrected chi connectivity index (χ0v) is 9.68. The van der Waals surface area contributed by atoms with Crippen molar-refractivity contribution < 1.29 is 4.79 Å². The first kappa shape index (κ1) is 10.9. The predicted molar refractivity (Wildman–Crippen MR) is 64.5 cm³/mol. The minimum atomic E-state index is 0.0617. The van der Waals surface area contributed by atoms with Gasteiger partial charge in [0.25, 0.3) is 5.91 Å². The molecule has 1 amide bonds. The monoisotopic (exact) mass is 216 g/mol. The fraction of sp³-hybridized carbons (Fsp3) is 0.385. The average molecular weight is 216 g/mol. The molecule has 2 rings (SSSR count). The van der Waals surface area contributed by atoms with Crippen molar-refractivity contribution in [2.24, 2.45) is 4.99 Å². The fourth-order valence-corrected chi connectivity index (χ4v) is 1.86. The minimum absolute atomic E-state index is 0.0617. The van der Waals surface area contributed by atoms with Gasteiger partial charge in [-0.3, -0.25) is 9.79 Å². The van der Waals surface area contributed by atoms with Gasteiger partial charge < -0.3 is 4.90 Å². The fourth-order valence-electron chi connectivity index (χ4n) is 1.86. The molecule has 16 heavy (non-hydrogen) atoms. The third-order valence-electron chi connectivity index (χ3n) is 2.91. The predicted octanol–water partition coefficient (Wildman–Crippen LogP) is 2.05. The Morgan fingerprint density at radius 1 is 1.31 bits per heavy atom. The molecular weight excluding hydrogens is 200 g/mol. The van der Waals surface area contributed by atoms with E-state index in [1.54, 1.807) is 4.90 Å². The number of benzene rings is 1. The van der Waals surface area contributed by atoms with Gasteiger partial charge in [0.2, 0.25) is 0 Å². The van der Waals surface area contributed by atoms with Crippen LogP contribution in [0.4, 0.5) is 0 Å². The van der Waals surface area contributed by atoms with E-state index in [4.69, 9.17) is 0 Å². The molecule has 1 heterocycles. The molecule has 0 spiro atoms. The van der Waals surface area contributed by atoms with Gasteiger partial charge in [0.05, 0.1) is 6.04 Å². The van der Waals surface area contributed by atoms with E-state index in [1.165, 1.54) is 0 Å². The molecule has 3 heteroatoms. The SMILES string of the molecule is CC(N=C1CCN(C)C1=O)c1ccccc1. The second kappa shape index (κ2) is 4.47. The smallest absolute Gasteiger partial charge is 0.267 e. The molecule has 1 aromatic carbocycles. The summed E-state index contributed by atoms with van der Waals surface area (Å²) in [6, 6.07) is 10.1. The number of nitrogens with zero attached hydrogens (tertiary/aromatic N) is 2. The number of likely N-dealkylation sites (tertiary alicyclic amines) is 1. The average Bonchev–Trinajstić information content (AvgIpc) is 2.62. The quantitative estimate of drug-likeness (QED) is 0.744. The van der Waals surface area contributed by atoms with Crippen molar-refractivity contribution in [2.45, 2.75) is 19.4 Å². The summed E-state index contributed by atoms with van der Waals surface area (Å²) in [4.78, 5) is 17.9. The van der Waals surface area contributed by atoms with Crippen molar-refractivity contribution in [1.82, 2.24) is 4.90 Å². The molecule has 1 aromatic rings. The lowest BCUT2D eigenvalue weighted by Gasteiger charge is -2.08. The Hall–Kier alpha value is -1.64. The highest BCUT2D eigenvalue weighted by Crippen LogP contribution is 2.18. The number of hydrogen-bond donors (Lipinski definition) is 0. The number of carbonyl (C=O) groups excluding carboxylic acids is 1. The Kier molecular flexibility index (Phi) is 3.04. The number of rotatable bonds is 2. The second-order valence-corrected chi connectivity index (χ2v) is 4.14. The van der Waals surface area contributed by atoms with Crippen LogP contribution in [0.15, 0.2) is 35.3 Å². The van der Waals surface area contributed by atoms with Crippen LogP contribution < -0.4 is 0 Å². The highest BCUT2D eigenvalue weighted by molar-refractivity contribution is 6.40. The highest BCUT2D eigenvalue weighted by atomic mass is 16.2. The van der Waals surface area contributed by atoms with Crippen molar-refractivity contribution in [3.8, 4) is 0 Å². The molecule has 0 aromatic heterocycles. The van der Waals surface area contributed by atoms with E-state index in [9.17, 15) is 4.79 Å². The Labute approximate surface area is 95.8 Å². The largest absolute Gasteiger partial charge is 0.340 e. The van der Waals surface area contributed by atoms with Gasteiger partial charge in [0.15, 0.2) is 0 Å². The van der Waals surface area contributed by atoms with E-state index in [0.29, 0.717) is 5.71 Å². The van der Waals surface area contributed by atoms with Gasteiger partial charge in [-0.05, 0) is 12.5 Å². The van der Waals surface area contributed by atoms with E-state index in [2.05, 4.69) is 4.99 Å². The zero-order valence-electron chi connectivity index (χ0n) is 9.68. The Morgan fingerprint density at radius 2 is 2.00 bits per heavy atom. The van der Waals surface area contributed by atoms with E-state index in [-0.39, 0.29) is 11.9 Å². The van der Waals surface area contributed by atoms with Crippen molar-refractivity contribution in [3.63, 3.8) is 0 Å². The topological polar surface area (TPSA) is 32.7 Å². The highest BCUT2D eigenvalue weighted by Gasteiger charge is 2.24. The molecule has 1 aliphatic rings. The second-order valence-electron chi connectivity index (χ2n) is 4.14. The summed E-state index contributed by atoms with van der Waals surface area (Å²) in [7, 11) is 1.82. The molecule has 0 saturated carbocycles. The number of amides is 1. The van der Waals surface area contributed by atoms with Crippen LogP contribution in [0, 0.1) is 0 Å². The van der Waals surface area contributed by atoms with Gasteiger partial charge in [0, 0.05) is 20.0 Å². The summed E-state index contributed by atoms with van der Waals surface area (Å²) in [6.45, 7) is 2.81. The van der Waals surface area contributed by atoms with Crippen molar-refractivity contribution in [3.05, 3.63) is 35.9 Å². The summed E-state index contributed by atoms with van der Waals surface area (Å²) in [5.74, 6) is 0.0720. The van der Waals surface area contributed by atoms with Crippen LogP contribution in [0.5, 0.6) is 0 Å².